The van der Waals surface area contributed by atoms with Crippen molar-refractivity contribution in [3.63, 3.8) is 0 Å². The van der Waals surface area contributed by atoms with E-state index in [2.05, 4.69) is 15.9 Å². The summed E-state index contributed by atoms with van der Waals surface area (Å²) >= 11 is 3.36. The Bertz CT molecular complexity index is 623. The van der Waals surface area contributed by atoms with Crippen molar-refractivity contribution in [3.05, 3.63) is 46.0 Å². The molecule has 2 amide bonds. The van der Waals surface area contributed by atoms with Crippen LogP contribution >= 0.6 is 15.9 Å². The van der Waals surface area contributed by atoms with Crippen LogP contribution in [0.2, 0.25) is 0 Å². The lowest BCUT2D eigenvalue weighted by atomic mass is 9.80. The topological polar surface area (TPSA) is 57.6 Å². The van der Waals surface area contributed by atoms with Gasteiger partial charge in [0, 0.05) is 4.47 Å². The van der Waals surface area contributed by atoms with Crippen LogP contribution in [0, 0.1) is 11.8 Å². The van der Waals surface area contributed by atoms with E-state index < -0.39 is 17.9 Å². The normalized spacial score (nSPS) is 28.6. The third-order valence-corrected chi connectivity index (χ3v) is 4.72. The molecule has 0 aromatic heterocycles. The Labute approximate surface area is 131 Å². The lowest BCUT2D eigenvalue weighted by Crippen LogP contribution is -2.34. The molecule has 2 aliphatic rings. The van der Waals surface area contributed by atoms with Gasteiger partial charge >= 0.3 is 0 Å². The number of fused-ring (bicyclic) bond motifs is 1. The van der Waals surface area contributed by atoms with Gasteiger partial charge in [0.2, 0.25) is 11.8 Å². The average molecular weight is 350 g/mol. The van der Waals surface area contributed by atoms with Crippen LogP contribution in [0.15, 0.2) is 40.4 Å². The van der Waals surface area contributed by atoms with Crippen molar-refractivity contribution in [1.82, 2.24) is 4.90 Å². The molecule has 1 aromatic carbocycles. The first-order chi connectivity index (χ1) is 9.97. The van der Waals surface area contributed by atoms with E-state index >= 15 is 0 Å². The molecule has 0 unspecified atom stereocenters. The lowest BCUT2D eigenvalue weighted by Gasteiger charge is -2.24. The van der Waals surface area contributed by atoms with Crippen molar-refractivity contribution in [2.75, 3.05) is 0 Å². The van der Waals surface area contributed by atoms with E-state index in [0.717, 1.165) is 15.6 Å². The lowest BCUT2D eigenvalue weighted by molar-refractivity contribution is -0.141. The number of likely N-dealkylation sites (tertiary alicyclic amines) is 1. The Morgan fingerprint density at radius 1 is 1.24 bits per heavy atom. The van der Waals surface area contributed by atoms with Crippen molar-refractivity contribution in [2.45, 2.75) is 26.0 Å². The number of carbonyl (C=O) groups excluding carboxylic acids is 2. The fourth-order valence-corrected chi connectivity index (χ4v) is 3.42. The van der Waals surface area contributed by atoms with Gasteiger partial charge in [-0.15, -0.1) is 0 Å². The van der Waals surface area contributed by atoms with Crippen molar-refractivity contribution in [2.24, 2.45) is 11.8 Å². The van der Waals surface area contributed by atoms with E-state index in [1.807, 2.05) is 31.2 Å². The Kier molecular flexibility index (Phi) is 3.71. The molecule has 1 fully saturated rings. The van der Waals surface area contributed by atoms with Gasteiger partial charge in [-0.3, -0.25) is 14.5 Å². The first kappa shape index (κ1) is 14.5. The van der Waals surface area contributed by atoms with Gasteiger partial charge in [-0.2, -0.15) is 0 Å². The summed E-state index contributed by atoms with van der Waals surface area (Å²) in [6, 6.07) is 7.53. The van der Waals surface area contributed by atoms with Crippen LogP contribution < -0.4 is 0 Å². The van der Waals surface area contributed by atoms with E-state index in [-0.39, 0.29) is 18.4 Å². The van der Waals surface area contributed by atoms with Gasteiger partial charge in [0.15, 0.2) is 0 Å². The highest BCUT2D eigenvalue weighted by Gasteiger charge is 2.51. The van der Waals surface area contributed by atoms with Crippen LogP contribution in [0.3, 0.4) is 0 Å². The molecule has 0 radical (unpaired) electrons. The number of aliphatic hydroxyl groups excluding tert-OH is 1. The number of benzene rings is 1. The summed E-state index contributed by atoms with van der Waals surface area (Å²) < 4.78 is 0.953. The maximum absolute atomic E-state index is 12.5. The van der Waals surface area contributed by atoms with Gasteiger partial charge in [0.25, 0.3) is 0 Å². The van der Waals surface area contributed by atoms with Crippen LogP contribution in [0.1, 0.15) is 18.9 Å². The minimum atomic E-state index is -0.852. The van der Waals surface area contributed by atoms with E-state index in [4.69, 9.17) is 0 Å². The molecule has 0 bridgehead atoms. The number of hydrogen-bond acceptors (Lipinski definition) is 3. The Morgan fingerprint density at radius 3 is 2.57 bits per heavy atom. The highest BCUT2D eigenvalue weighted by molar-refractivity contribution is 9.10. The summed E-state index contributed by atoms with van der Waals surface area (Å²) in [5.41, 5.74) is 1.87. The molecule has 3 rings (SSSR count). The fraction of sp³-hybridized carbons (Fsp3) is 0.375. The van der Waals surface area contributed by atoms with E-state index in [0.29, 0.717) is 6.42 Å². The number of carbonyl (C=O) groups is 2. The van der Waals surface area contributed by atoms with Crippen molar-refractivity contribution in [3.8, 4) is 0 Å². The predicted octanol–water partition coefficient (Wildman–Crippen LogP) is 2.26. The van der Waals surface area contributed by atoms with Gasteiger partial charge in [0.05, 0.1) is 24.5 Å². The standard InChI is InChI=1S/C16H16BrNO3/c1-9-6-12-14(13(19)7-9)16(21)18(15(12)20)8-10-2-4-11(17)5-3-10/h2-5,7,12-14,19H,6,8H2,1H3/t12-,13+,14-/m0/s1. The molecular weight excluding hydrogens is 334 g/mol. The molecule has 3 atom stereocenters. The van der Waals surface area contributed by atoms with E-state index in [1.54, 1.807) is 6.08 Å². The highest BCUT2D eigenvalue weighted by Crippen LogP contribution is 2.38. The van der Waals surface area contributed by atoms with Crippen molar-refractivity contribution in [1.29, 1.82) is 0 Å². The maximum Gasteiger partial charge on any atom is 0.236 e. The minimum absolute atomic E-state index is 0.167. The molecule has 1 saturated heterocycles. The summed E-state index contributed by atoms with van der Waals surface area (Å²) in [5, 5.41) is 10.1. The van der Waals surface area contributed by atoms with E-state index in [1.165, 1.54) is 4.90 Å². The van der Waals surface area contributed by atoms with Crippen molar-refractivity contribution >= 4 is 27.7 Å². The molecule has 1 aliphatic heterocycles. The maximum atomic E-state index is 12.5. The monoisotopic (exact) mass is 349 g/mol. The zero-order valence-electron chi connectivity index (χ0n) is 11.6. The average Bonchev–Trinajstić information content (AvgIpc) is 2.66. The van der Waals surface area contributed by atoms with Gasteiger partial charge in [-0.05, 0) is 31.0 Å². The smallest absolute Gasteiger partial charge is 0.236 e. The van der Waals surface area contributed by atoms with E-state index in [9.17, 15) is 14.7 Å². The third kappa shape index (κ3) is 2.56. The number of halogens is 1. The Balaban J connectivity index is 1.84. The second-order valence-corrected chi connectivity index (χ2v) is 6.64. The van der Waals surface area contributed by atoms with Crippen LogP contribution in [-0.4, -0.2) is 27.9 Å². The molecule has 1 heterocycles. The first-order valence-electron chi connectivity index (χ1n) is 6.92. The molecule has 1 aliphatic carbocycles. The quantitative estimate of drug-likeness (QED) is 0.658. The third-order valence-electron chi connectivity index (χ3n) is 4.19. The van der Waals surface area contributed by atoms with Crippen LogP contribution in [0.25, 0.3) is 0 Å². The van der Waals surface area contributed by atoms with Crippen LogP contribution in [0.5, 0.6) is 0 Å². The summed E-state index contributed by atoms with van der Waals surface area (Å²) in [7, 11) is 0. The number of hydrogen-bond donors (Lipinski definition) is 1. The molecule has 110 valence electrons. The highest BCUT2D eigenvalue weighted by atomic mass is 79.9. The zero-order valence-corrected chi connectivity index (χ0v) is 13.2. The second kappa shape index (κ2) is 5.39. The number of rotatable bonds is 2. The van der Waals surface area contributed by atoms with Crippen LogP contribution in [-0.2, 0) is 16.1 Å². The minimum Gasteiger partial charge on any atom is -0.388 e. The van der Waals surface area contributed by atoms with Gasteiger partial charge in [-0.25, -0.2) is 0 Å². The molecule has 1 aromatic rings. The molecule has 21 heavy (non-hydrogen) atoms. The zero-order chi connectivity index (χ0) is 15.1. The predicted molar refractivity (Wildman–Crippen MR) is 81.1 cm³/mol. The van der Waals surface area contributed by atoms with Crippen LogP contribution in [0.4, 0.5) is 0 Å². The molecule has 4 nitrogen and oxygen atoms in total. The summed E-state index contributed by atoms with van der Waals surface area (Å²) in [5.74, 6) is -1.45. The Hall–Kier alpha value is -1.46. The first-order valence-corrected chi connectivity index (χ1v) is 7.71. The number of imide groups is 1. The number of allylic oxidation sites excluding steroid dienone is 1. The summed E-state index contributed by atoms with van der Waals surface area (Å²) in [6.07, 6.45) is 1.40. The van der Waals surface area contributed by atoms with Gasteiger partial charge in [-0.1, -0.05) is 39.7 Å². The largest absolute Gasteiger partial charge is 0.388 e. The number of nitrogens with zero attached hydrogens (tertiary/aromatic N) is 1. The molecule has 0 saturated carbocycles. The summed E-state index contributed by atoms with van der Waals surface area (Å²) in [4.78, 5) is 26.2. The van der Waals surface area contributed by atoms with Gasteiger partial charge < -0.3 is 5.11 Å². The molecule has 5 heteroatoms. The molecule has 1 N–H and O–H groups in total. The summed E-state index contributed by atoms with van der Waals surface area (Å²) in [6.45, 7) is 2.15. The SMILES string of the molecule is CC1=C[C@@H](O)[C@H]2C(=O)N(Cc3ccc(Br)cc3)C(=O)[C@H]2C1. The Morgan fingerprint density at radius 2 is 1.90 bits per heavy atom. The number of amides is 2. The van der Waals surface area contributed by atoms with Crippen molar-refractivity contribution < 1.29 is 14.7 Å². The van der Waals surface area contributed by atoms with Gasteiger partial charge in [0.1, 0.15) is 0 Å². The number of aliphatic hydroxyl groups is 1. The molecule has 0 spiro atoms. The second-order valence-electron chi connectivity index (χ2n) is 5.73. The molecular formula is C16H16BrNO3. The fourth-order valence-electron chi connectivity index (χ4n) is 3.15.